The summed E-state index contributed by atoms with van der Waals surface area (Å²) in [4.78, 5) is 14.9. The maximum atomic E-state index is 6.60. The number of rotatable bonds is 6. The second-order valence-electron chi connectivity index (χ2n) is 12.3. The molecule has 0 saturated heterocycles. The van der Waals surface area contributed by atoms with Gasteiger partial charge in [0.15, 0.2) is 17.5 Å². The standard InChI is InChI=1S/C45H31N3O/c1-4-12-30(13-5-1)31-20-24-35(25-21-31)44-46-43(34-16-8-3-9-17-34)47-45(48-44)36-26-22-33(23-27-36)38-29-28-37(32-14-6-2-7-15-32)41-39-18-10-11-19-40(39)49-42(38)41/h1-9,12-29H,10-11H2. The van der Waals surface area contributed by atoms with E-state index >= 15 is 0 Å². The van der Waals surface area contributed by atoms with Gasteiger partial charge in [-0.3, -0.25) is 0 Å². The van der Waals surface area contributed by atoms with Gasteiger partial charge in [0, 0.05) is 32.9 Å². The van der Waals surface area contributed by atoms with E-state index in [2.05, 4.69) is 127 Å². The first-order valence-corrected chi connectivity index (χ1v) is 16.7. The summed E-state index contributed by atoms with van der Waals surface area (Å²) in [5.41, 5.74) is 11.5. The summed E-state index contributed by atoms with van der Waals surface area (Å²) >= 11 is 0. The molecule has 8 aromatic rings. The minimum atomic E-state index is 0.629. The Hall–Kier alpha value is -6.39. The largest absolute Gasteiger partial charge is 0.456 e. The summed E-state index contributed by atoms with van der Waals surface area (Å²) in [6.45, 7) is 0. The minimum absolute atomic E-state index is 0.629. The first-order chi connectivity index (χ1) is 24.3. The van der Waals surface area contributed by atoms with E-state index in [0.717, 1.165) is 57.2 Å². The van der Waals surface area contributed by atoms with Crippen molar-refractivity contribution in [2.45, 2.75) is 12.8 Å². The second kappa shape index (κ2) is 12.3. The Balaban J connectivity index is 1.13. The predicted molar refractivity (Wildman–Crippen MR) is 200 cm³/mol. The molecule has 2 aromatic heterocycles. The topological polar surface area (TPSA) is 51.8 Å². The highest BCUT2D eigenvalue weighted by molar-refractivity contribution is 6.02. The molecule has 0 saturated carbocycles. The fraction of sp³-hybridized carbons (Fsp3) is 0.0444. The maximum Gasteiger partial charge on any atom is 0.164 e. The van der Waals surface area contributed by atoms with Gasteiger partial charge < -0.3 is 4.42 Å². The lowest BCUT2D eigenvalue weighted by atomic mass is 9.94. The predicted octanol–water partition coefficient (Wildman–Crippen LogP) is 9.97. The van der Waals surface area contributed by atoms with Crippen molar-refractivity contribution in [3.63, 3.8) is 0 Å². The van der Waals surface area contributed by atoms with Gasteiger partial charge in [-0.2, -0.15) is 0 Å². The Bertz CT molecular complexity index is 2560. The monoisotopic (exact) mass is 629 g/mol. The molecular weight excluding hydrogens is 599 g/mol. The van der Waals surface area contributed by atoms with Crippen molar-refractivity contribution in [2.75, 3.05) is 0 Å². The number of benzene rings is 6. The first-order valence-electron chi connectivity index (χ1n) is 16.7. The van der Waals surface area contributed by atoms with Crippen LogP contribution in [0.25, 0.3) is 90.7 Å². The summed E-state index contributed by atoms with van der Waals surface area (Å²) in [7, 11) is 0. The zero-order valence-electron chi connectivity index (χ0n) is 26.8. The van der Waals surface area contributed by atoms with Crippen LogP contribution in [-0.4, -0.2) is 15.0 Å². The van der Waals surface area contributed by atoms with Gasteiger partial charge in [-0.05, 0) is 52.8 Å². The number of furan rings is 1. The maximum absolute atomic E-state index is 6.60. The third-order valence-corrected chi connectivity index (χ3v) is 9.21. The van der Waals surface area contributed by atoms with Crippen LogP contribution in [0.5, 0.6) is 0 Å². The van der Waals surface area contributed by atoms with E-state index in [1.807, 2.05) is 36.4 Å². The molecule has 4 heteroatoms. The van der Waals surface area contributed by atoms with E-state index in [-0.39, 0.29) is 0 Å². The quantitative estimate of drug-likeness (QED) is 0.184. The fourth-order valence-electron chi connectivity index (χ4n) is 6.72. The van der Waals surface area contributed by atoms with Crippen molar-refractivity contribution in [2.24, 2.45) is 0 Å². The van der Waals surface area contributed by atoms with Crippen molar-refractivity contribution in [3.8, 4) is 67.5 Å². The second-order valence-corrected chi connectivity index (χ2v) is 12.3. The van der Waals surface area contributed by atoms with Crippen molar-refractivity contribution in [1.29, 1.82) is 0 Å². The van der Waals surface area contributed by atoms with Crippen molar-refractivity contribution in [3.05, 3.63) is 162 Å². The highest BCUT2D eigenvalue weighted by atomic mass is 16.3. The molecule has 0 bridgehead atoms. The van der Waals surface area contributed by atoms with Gasteiger partial charge in [0.1, 0.15) is 11.0 Å². The van der Waals surface area contributed by atoms with Gasteiger partial charge in [0.05, 0.1) is 0 Å². The Kier molecular flexibility index (Phi) is 7.25. The molecule has 0 fully saturated rings. The van der Waals surface area contributed by atoms with E-state index in [1.54, 1.807) is 0 Å². The summed E-state index contributed by atoms with van der Waals surface area (Å²) in [5.74, 6) is 1.91. The summed E-state index contributed by atoms with van der Waals surface area (Å²) in [6.07, 6.45) is 6.55. The van der Waals surface area contributed by atoms with Crippen molar-refractivity contribution < 1.29 is 4.42 Å². The summed E-state index contributed by atoms with van der Waals surface area (Å²) in [6, 6.07) is 52.3. The molecule has 1 aliphatic carbocycles. The molecule has 0 N–H and O–H groups in total. The fourth-order valence-corrected chi connectivity index (χ4v) is 6.72. The molecule has 6 aromatic carbocycles. The average Bonchev–Trinajstić information content (AvgIpc) is 3.58. The lowest BCUT2D eigenvalue weighted by Gasteiger charge is -2.11. The molecule has 2 heterocycles. The van der Waals surface area contributed by atoms with Crippen molar-refractivity contribution >= 4 is 23.1 Å². The molecule has 9 rings (SSSR count). The Morgan fingerprint density at radius 1 is 0.367 bits per heavy atom. The molecule has 232 valence electrons. The van der Waals surface area contributed by atoms with E-state index in [4.69, 9.17) is 19.4 Å². The van der Waals surface area contributed by atoms with Gasteiger partial charge in [-0.1, -0.05) is 152 Å². The van der Waals surface area contributed by atoms with E-state index in [1.165, 1.54) is 27.3 Å². The molecule has 49 heavy (non-hydrogen) atoms. The molecule has 4 nitrogen and oxygen atoms in total. The third-order valence-electron chi connectivity index (χ3n) is 9.21. The third kappa shape index (κ3) is 5.43. The molecule has 0 spiro atoms. The highest BCUT2D eigenvalue weighted by Gasteiger charge is 2.18. The normalized spacial score (nSPS) is 12.2. The molecule has 0 aliphatic heterocycles. The van der Waals surface area contributed by atoms with Crippen LogP contribution in [0.3, 0.4) is 0 Å². The highest BCUT2D eigenvalue weighted by Crippen LogP contribution is 2.35. The van der Waals surface area contributed by atoms with E-state index < -0.39 is 0 Å². The van der Waals surface area contributed by atoms with Gasteiger partial charge in [0.25, 0.3) is 0 Å². The van der Waals surface area contributed by atoms with Crippen LogP contribution in [-0.2, 0) is 0 Å². The van der Waals surface area contributed by atoms with Gasteiger partial charge in [-0.15, -0.1) is 0 Å². The lowest BCUT2D eigenvalue weighted by Crippen LogP contribution is -2.22. The molecule has 0 atom stereocenters. The molecular formula is C45H31N3O. The van der Waals surface area contributed by atoms with Gasteiger partial charge >= 0.3 is 0 Å². The number of hydrogen-bond donors (Lipinski definition) is 0. The summed E-state index contributed by atoms with van der Waals surface area (Å²) in [5, 5.41) is 2.37. The molecule has 1 aliphatic rings. The zero-order chi connectivity index (χ0) is 32.6. The lowest BCUT2D eigenvalue weighted by molar-refractivity contribution is 0.572. The average molecular weight is 630 g/mol. The van der Waals surface area contributed by atoms with Crippen LogP contribution < -0.4 is 10.6 Å². The Morgan fingerprint density at radius 2 is 0.776 bits per heavy atom. The zero-order valence-corrected chi connectivity index (χ0v) is 26.8. The minimum Gasteiger partial charge on any atom is -0.456 e. The van der Waals surface area contributed by atoms with Gasteiger partial charge in [0.2, 0.25) is 0 Å². The Morgan fingerprint density at radius 3 is 1.37 bits per heavy atom. The van der Waals surface area contributed by atoms with Crippen LogP contribution in [0.1, 0.15) is 12.8 Å². The van der Waals surface area contributed by atoms with Gasteiger partial charge in [-0.25, -0.2) is 15.0 Å². The number of hydrogen-bond acceptors (Lipinski definition) is 4. The molecule has 0 amide bonds. The van der Waals surface area contributed by atoms with E-state index in [0.29, 0.717) is 17.5 Å². The number of fused-ring (bicyclic) bond motifs is 3. The number of aromatic nitrogens is 3. The molecule has 0 radical (unpaired) electrons. The molecule has 0 unspecified atom stereocenters. The van der Waals surface area contributed by atoms with Crippen LogP contribution in [0.4, 0.5) is 0 Å². The Labute approximate surface area is 284 Å². The SMILES string of the molecule is C1=c2oc3c(-c4ccc(-c5nc(-c6ccccc6)nc(-c6ccc(-c7ccccc7)cc6)n5)cc4)ccc(-c4ccccc4)c3c2=CCC1. The van der Waals surface area contributed by atoms with Crippen molar-refractivity contribution in [1.82, 2.24) is 15.0 Å². The van der Waals surface area contributed by atoms with Crippen LogP contribution in [0.2, 0.25) is 0 Å². The van der Waals surface area contributed by atoms with Crippen LogP contribution >= 0.6 is 0 Å². The number of nitrogens with zero attached hydrogens (tertiary/aromatic N) is 3. The first kappa shape index (κ1) is 28.8. The van der Waals surface area contributed by atoms with Crippen LogP contribution in [0.15, 0.2) is 156 Å². The van der Waals surface area contributed by atoms with E-state index in [9.17, 15) is 0 Å². The smallest absolute Gasteiger partial charge is 0.164 e. The summed E-state index contributed by atoms with van der Waals surface area (Å²) < 4.78 is 6.60. The van der Waals surface area contributed by atoms with Crippen LogP contribution in [0, 0.1) is 0 Å².